The molecule has 2 aromatic carbocycles. The number of rotatable bonds is 9. The molecule has 9 heteroatoms. The van der Waals surface area contributed by atoms with Gasteiger partial charge in [-0.05, 0) is 35.6 Å². The quantitative estimate of drug-likeness (QED) is 0.496. The monoisotopic (exact) mass is 419 g/mol. The summed E-state index contributed by atoms with van der Waals surface area (Å²) in [5.41, 5.74) is 3.07. The van der Waals surface area contributed by atoms with Gasteiger partial charge in [-0.25, -0.2) is 8.42 Å². The van der Waals surface area contributed by atoms with Gasteiger partial charge in [0.15, 0.2) is 0 Å². The molecule has 0 radical (unpaired) electrons. The van der Waals surface area contributed by atoms with Crippen LogP contribution in [0.15, 0.2) is 42.5 Å². The van der Waals surface area contributed by atoms with Gasteiger partial charge in [0.05, 0.1) is 16.9 Å². The smallest absolute Gasteiger partial charge is 0.271 e. The Bertz CT molecular complexity index is 1000. The maximum absolute atomic E-state index is 12.5. The van der Waals surface area contributed by atoms with Crippen LogP contribution < -0.4 is 9.62 Å². The SMILES string of the molecule is CCc1ccc(CC)c(CNC(=O)CN(c2cccc([N+](=O)[O-])c2)S(C)(=O)=O)c1. The van der Waals surface area contributed by atoms with Crippen molar-refractivity contribution in [2.45, 2.75) is 33.2 Å². The number of carbonyl (C=O) groups excluding carboxylic acids is 1. The molecule has 0 bridgehead atoms. The largest absolute Gasteiger partial charge is 0.350 e. The number of carbonyl (C=O) groups is 1. The molecule has 0 heterocycles. The molecule has 156 valence electrons. The van der Waals surface area contributed by atoms with Crippen molar-refractivity contribution in [2.24, 2.45) is 0 Å². The molecule has 0 saturated heterocycles. The fraction of sp³-hybridized carbons (Fsp3) is 0.350. The van der Waals surface area contributed by atoms with Gasteiger partial charge in [-0.3, -0.25) is 19.2 Å². The number of nitro groups is 1. The molecule has 0 fully saturated rings. The van der Waals surface area contributed by atoms with Gasteiger partial charge in [0, 0.05) is 18.7 Å². The summed E-state index contributed by atoms with van der Waals surface area (Å²) in [4.78, 5) is 22.8. The molecule has 0 spiro atoms. The van der Waals surface area contributed by atoms with Crippen LogP contribution in [0.3, 0.4) is 0 Å². The zero-order valence-electron chi connectivity index (χ0n) is 16.7. The fourth-order valence-corrected chi connectivity index (χ4v) is 3.80. The molecule has 0 aromatic heterocycles. The number of nitrogens with zero attached hydrogens (tertiary/aromatic N) is 2. The van der Waals surface area contributed by atoms with Crippen LogP contribution in [0.4, 0.5) is 11.4 Å². The van der Waals surface area contributed by atoms with Gasteiger partial charge in [0.25, 0.3) is 5.69 Å². The third-order valence-electron chi connectivity index (χ3n) is 4.55. The lowest BCUT2D eigenvalue weighted by atomic mass is 10.0. The van der Waals surface area contributed by atoms with E-state index in [-0.39, 0.29) is 17.9 Å². The number of sulfonamides is 1. The summed E-state index contributed by atoms with van der Waals surface area (Å²) in [5.74, 6) is -0.495. The van der Waals surface area contributed by atoms with Gasteiger partial charge in [-0.2, -0.15) is 0 Å². The van der Waals surface area contributed by atoms with Crippen LogP contribution in [0.25, 0.3) is 0 Å². The standard InChI is InChI=1S/C20H25N3O5S/c1-4-15-9-10-16(5-2)17(11-15)13-21-20(24)14-22(29(3,27)28)18-7-6-8-19(12-18)23(25)26/h6-12H,4-5,13-14H2,1-3H3,(H,21,24). The number of nitrogens with one attached hydrogen (secondary N) is 1. The lowest BCUT2D eigenvalue weighted by Gasteiger charge is -2.22. The van der Waals surface area contributed by atoms with Gasteiger partial charge in [-0.15, -0.1) is 0 Å². The molecule has 2 aromatic rings. The highest BCUT2D eigenvalue weighted by molar-refractivity contribution is 7.92. The molecule has 1 N–H and O–H groups in total. The van der Waals surface area contributed by atoms with Crippen LogP contribution in [0.5, 0.6) is 0 Å². The second kappa shape index (κ2) is 9.51. The number of nitro benzene ring substituents is 1. The average Bonchev–Trinajstić information content (AvgIpc) is 2.69. The number of benzene rings is 2. The number of aryl methyl sites for hydroxylation is 2. The normalized spacial score (nSPS) is 11.1. The van der Waals surface area contributed by atoms with Crippen molar-refractivity contribution in [1.29, 1.82) is 0 Å². The number of anilines is 1. The molecule has 0 aliphatic heterocycles. The molecule has 2 rings (SSSR count). The van der Waals surface area contributed by atoms with Crippen molar-refractivity contribution >= 4 is 27.3 Å². The Balaban J connectivity index is 2.18. The van der Waals surface area contributed by atoms with Crippen LogP contribution in [0.2, 0.25) is 0 Å². The van der Waals surface area contributed by atoms with Crippen LogP contribution in [-0.2, 0) is 34.2 Å². The van der Waals surface area contributed by atoms with E-state index in [1.807, 2.05) is 26.0 Å². The summed E-state index contributed by atoms with van der Waals surface area (Å²) in [5, 5.41) is 13.7. The first kappa shape index (κ1) is 22.4. The molecule has 8 nitrogen and oxygen atoms in total. The first-order valence-electron chi connectivity index (χ1n) is 9.25. The number of hydrogen-bond donors (Lipinski definition) is 1. The molecule has 0 aliphatic rings. The van der Waals surface area contributed by atoms with Crippen LogP contribution in [-0.4, -0.2) is 32.0 Å². The van der Waals surface area contributed by atoms with E-state index in [0.717, 1.165) is 46.2 Å². The van der Waals surface area contributed by atoms with E-state index in [4.69, 9.17) is 0 Å². The molecule has 0 aliphatic carbocycles. The maximum Gasteiger partial charge on any atom is 0.271 e. The van der Waals surface area contributed by atoms with Gasteiger partial charge in [0.2, 0.25) is 15.9 Å². The van der Waals surface area contributed by atoms with Crippen LogP contribution in [0.1, 0.15) is 30.5 Å². The third kappa shape index (κ3) is 6.02. The fourth-order valence-electron chi connectivity index (χ4n) is 2.95. The molecule has 0 unspecified atom stereocenters. The zero-order valence-corrected chi connectivity index (χ0v) is 17.5. The van der Waals surface area contributed by atoms with E-state index in [1.54, 1.807) is 0 Å². The predicted molar refractivity (Wildman–Crippen MR) is 112 cm³/mol. The molecular weight excluding hydrogens is 394 g/mol. The summed E-state index contributed by atoms with van der Waals surface area (Å²) in [6.45, 7) is 3.89. The van der Waals surface area contributed by atoms with E-state index in [2.05, 4.69) is 11.4 Å². The summed E-state index contributed by atoms with van der Waals surface area (Å²) >= 11 is 0. The minimum absolute atomic E-state index is 0.0686. The molecule has 1 amide bonds. The highest BCUT2D eigenvalue weighted by Crippen LogP contribution is 2.23. The van der Waals surface area contributed by atoms with Crippen molar-refractivity contribution in [1.82, 2.24) is 5.32 Å². The van der Waals surface area contributed by atoms with Gasteiger partial charge < -0.3 is 5.32 Å². The predicted octanol–water partition coefficient (Wildman–Crippen LogP) is 2.80. The summed E-state index contributed by atoms with van der Waals surface area (Å²) < 4.78 is 25.2. The minimum Gasteiger partial charge on any atom is -0.350 e. The van der Waals surface area contributed by atoms with Crippen molar-refractivity contribution in [3.05, 3.63) is 69.3 Å². The van der Waals surface area contributed by atoms with Gasteiger partial charge in [-0.1, -0.05) is 38.1 Å². The Morgan fingerprint density at radius 3 is 2.41 bits per heavy atom. The molecule has 29 heavy (non-hydrogen) atoms. The van der Waals surface area contributed by atoms with E-state index < -0.39 is 27.4 Å². The molecule has 0 saturated carbocycles. The van der Waals surface area contributed by atoms with Crippen LogP contribution >= 0.6 is 0 Å². The lowest BCUT2D eigenvalue weighted by Crippen LogP contribution is -2.40. The average molecular weight is 420 g/mol. The Morgan fingerprint density at radius 1 is 1.10 bits per heavy atom. The van der Waals surface area contributed by atoms with Crippen molar-refractivity contribution < 1.29 is 18.1 Å². The van der Waals surface area contributed by atoms with Crippen molar-refractivity contribution in [2.75, 3.05) is 17.1 Å². The summed E-state index contributed by atoms with van der Waals surface area (Å²) in [7, 11) is -3.81. The Labute approximate surface area is 170 Å². The number of hydrogen-bond acceptors (Lipinski definition) is 5. The molecular formula is C20H25N3O5S. The van der Waals surface area contributed by atoms with E-state index >= 15 is 0 Å². The highest BCUT2D eigenvalue weighted by Gasteiger charge is 2.22. The first-order valence-corrected chi connectivity index (χ1v) is 11.1. The second-order valence-electron chi connectivity index (χ2n) is 6.63. The first-order chi connectivity index (χ1) is 13.7. The lowest BCUT2D eigenvalue weighted by molar-refractivity contribution is -0.384. The molecule has 0 atom stereocenters. The second-order valence-corrected chi connectivity index (χ2v) is 8.54. The van der Waals surface area contributed by atoms with E-state index in [0.29, 0.717) is 0 Å². The van der Waals surface area contributed by atoms with E-state index in [1.165, 1.54) is 18.2 Å². The zero-order chi connectivity index (χ0) is 21.6. The maximum atomic E-state index is 12.5. The van der Waals surface area contributed by atoms with Gasteiger partial charge in [0.1, 0.15) is 6.54 Å². The topological polar surface area (TPSA) is 110 Å². The summed E-state index contributed by atoms with van der Waals surface area (Å²) in [6.07, 6.45) is 2.65. The Hall–Kier alpha value is -2.94. The number of non-ortho nitro benzene ring substituents is 1. The van der Waals surface area contributed by atoms with Gasteiger partial charge >= 0.3 is 0 Å². The Kier molecular flexibility index (Phi) is 7.33. The third-order valence-corrected chi connectivity index (χ3v) is 5.69. The number of amides is 1. The van der Waals surface area contributed by atoms with Crippen LogP contribution in [0, 0.1) is 10.1 Å². The summed E-state index contributed by atoms with van der Waals surface area (Å²) in [6, 6.07) is 11.3. The van der Waals surface area contributed by atoms with Crippen molar-refractivity contribution in [3.63, 3.8) is 0 Å². The highest BCUT2D eigenvalue weighted by atomic mass is 32.2. The minimum atomic E-state index is -3.81. The van der Waals surface area contributed by atoms with E-state index in [9.17, 15) is 23.3 Å². The Morgan fingerprint density at radius 2 is 1.83 bits per heavy atom. The van der Waals surface area contributed by atoms with Crippen molar-refractivity contribution in [3.8, 4) is 0 Å².